The Morgan fingerprint density at radius 3 is 2.90 bits per heavy atom. The number of aryl methyl sites for hydroxylation is 2. The summed E-state index contributed by atoms with van der Waals surface area (Å²) in [7, 11) is 0. The summed E-state index contributed by atoms with van der Waals surface area (Å²) >= 11 is 1.84. The second-order valence-electron chi connectivity index (χ2n) is 5.18. The predicted octanol–water partition coefficient (Wildman–Crippen LogP) is 2.77. The van der Waals surface area contributed by atoms with Crippen molar-refractivity contribution in [3.8, 4) is 0 Å². The Kier molecular flexibility index (Phi) is 6.29. The van der Waals surface area contributed by atoms with E-state index in [0.717, 1.165) is 31.0 Å². The normalized spacial score (nSPS) is 12.5. The second-order valence-corrected chi connectivity index (χ2v) is 6.24. The average molecular weight is 304 g/mol. The van der Waals surface area contributed by atoms with Crippen molar-refractivity contribution in [2.24, 2.45) is 5.84 Å². The molecule has 21 heavy (non-hydrogen) atoms. The molecule has 1 aromatic carbocycles. The number of rotatable bonds is 8. The van der Waals surface area contributed by atoms with E-state index >= 15 is 0 Å². The summed E-state index contributed by atoms with van der Waals surface area (Å²) in [5.74, 6) is 7.75. The zero-order chi connectivity index (χ0) is 15.1. The summed E-state index contributed by atoms with van der Waals surface area (Å²) in [5.41, 5.74) is 4.24. The Balaban J connectivity index is 1.94. The molecular weight excluding hydrogens is 280 g/mol. The van der Waals surface area contributed by atoms with E-state index in [4.69, 9.17) is 5.84 Å². The van der Waals surface area contributed by atoms with E-state index in [2.05, 4.69) is 53.1 Å². The van der Waals surface area contributed by atoms with Crippen molar-refractivity contribution in [3.05, 3.63) is 48.0 Å². The van der Waals surface area contributed by atoms with Gasteiger partial charge in [-0.1, -0.05) is 25.1 Å². The van der Waals surface area contributed by atoms with Crippen LogP contribution in [-0.4, -0.2) is 21.3 Å². The van der Waals surface area contributed by atoms with Gasteiger partial charge in [-0.25, -0.2) is 4.98 Å². The van der Waals surface area contributed by atoms with Crippen LogP contribution in [0.25, 0.3) is 0 Å². The molecule has 2 rings (SSSR count). The third kappa shape index (κ3) is 4.59. The smallest absolute Gasteiger partial charge is 0.110 e. The van der Waals surface area contributed by atoms with E-state index in [-0.39, 0.29) is 6.04 Å². The topological polar surface area (TPSA) is 55.9 Å². The Labute approximate surface area is 131 Å². The molecule has 0 saturated carbocycles. The van der Waals surface area contributed by atoms with Gasteiger partial charge in [0, 0.05) is 42.0 Å². The fourth-order valence-corrected chi connectivity index (χ4v) is 3.33. The molecule has 1 heterocycles. The lowest BCUT2D eigenvalue weighted by Crippen LogP contribution is -2.39. The van der Waals surface area contributed by atoms with Gasteiger partial charge in [-0.05, 0) is 25.0 Å². The molecule has 3 N–H and O–H groups in total. The first kappa shape index (κ1) is 16.1. The van der Waals surface area contributed by atoms with E-state index in [9.17, 15) is 0 Å². The van der Waals surface area contributed by atoms with Crippen molar-refractivity contribution in [1.82, 2.24) is 15.0 Å². The number of hydrogen-bond acceptors (Lipinski definition) is 4. The molecule has 0 saturated heterocycles. The van der Waals surface area contributed by atoms with E-state index in [1.807, 2.05) is 24.2 Å². The summed E-state index contributed by atoms with van der Waals surface area (Å²) in [5, 5.41) is 0. The van der Waals surface area contributed by atoms with Crippen molar-refractivity contribution < 1.29 is 0 Å². The summed E-state index contributed by atoms with van der Waals surface area (Å²) in [6, 6.07) is 8.66. The quantitative estimate of drug-likeness (QED) is 0.447. The fraction of sp³-hybridized carbons (Fsp3) is 0.438. The number of hydrazine groups is 1. The average Bonchev–Trinajstić information content (AvgIpc) is 2.92. The van der Waals surface area contributed by atoms with Gasteiger partial charge in [0.25, 0.3) is 0 Å². The van der Waals surface area contributed by atoms with E-state index in [1.54, 1.807) is 0 Å². The van der Waals surface area contributed by atoms with Crippen LogP contribution in [0.4, 0.5) is 0 Å². The summed E-state index contributed by atoms with van der Waals surface area (Å²) in [4.78, 5) is 5.77. The first-order valence-electron chi connectivity index (χ1n) is 7.39. The maximum atomic E-state index is 5.72. The minimum atomic E-state index is 0.215. The van der Waals surface area contributed by atoms with Crippen molar-refractivity contribution in [2.75, 3.05) is 5.75 Å². The van der Waals surface area contributed by atoms with Crippen molar-refractivity contribution in [2.45, 2.75) is 44.2 Å². The van der Waals surface area contributed by atoms with E-state index in [1.165, 1.54) is 10.5 Å². The number of nitrogens with two attached hydrogens (primary N) is 1. The number of benzene rings is 1. The highest BCUT2D eigenvalue weighted by atomic mass is 32.2. The zero-order valence-corrected chi connectivity index (χ0v) is 13.6. The molecule has 114 valence electrons. The van der Waals surface area contributed by atoms with Gasteiger partial charge in [0.2, 0.25) is 0 Å². The van der Waals surface area contributed by atoms with E-state index in [0.29, 0.717) is 0 Å². The van der Waals surface area contributed by atoms with Gasteiger partial charge < -0.3 is 4.57 Å². The van der Waals surface area contributed by atoms with Crippen LogP contribution in [-0.2, 0) is 13.0 Å². The van der Waals surface area contributed by atoms with Crippen molar-refractivity contribution in [1.29, 1.82) is 0 Å². The van der Waals surface area contributed by atoms with Crippen molar-refractivity contribution in [3.63, 3.8) is 0 Å². The van der Waals surface area contributed by atoms with Crippen molar-refractivity contribution >= 4 is 11.8 Å². The van der Waals surface area contributed by atoms with Crippen LogP contribution in [0.1, 0.15) is 24.7 Å². The second kappa shape index (κ2) is 8.22. The first-order valence-corrected chi connectivity index (χ1v) is 8.37. The molecule has 0 amide bonds. The van der Waals surface area contributed by atoms with Gasteiger partial charge in [0.15, 0.2) is 0 Å². The molecule has 0 bridgehead atoms. The number of hydrogen-bond donors (Lipinski definition) is 2. The molecule has 4 nitrogen and oxygen atoms in total. The molecule has 0 spiro atoms. The maximum Gasteiger partial charge on any atom is 0.110 e. The molecule has 0 aliphatic carbocycles. The van der Waals surface area contributed by atoms with Gasteiger partial charge in [0.1, 0.15) is 5.82 Å². The number of imidazole rings is 1. The number of nitrogens with zero attached hydrogens (tertiary/aromatic N) is 2. The van der Waals surface area contributed by atoms with Gasteiger partial charge >= 0.3 is 0 Å². The molecule has 2 aromatic rings. The summed E-state index contributed by atoms with van der Waals surface area (Å²) < 4.78 is 2.21. The minimum Gasteiger partial charge on any atom is -0.335 e. The molecule has 0 aliphatic rings. The van der Waals surface area contributed by atoms with Crippen LogP contribution in [0.15, 0.2) is 41.6 Å². The lowest BCUT2D eigenvalue weighted by molar-refractivity contribution is 0.535. The fourth-order valence-electron chi connectivity index (χ4n) is 2.27. The minimum absolute atomic E-state index is 0.215. The third-order valence-corrected chi connectivity index (χ3v) is 4.80. The lowest BCUT2D eigenvalue weighted by atomic mass is 10.2. The summed E-state index contributed by atoms with van der Waals surface area (Å²) in [6.07, 6.45) is 5.87. The lowest BCUT2D eigenvalue weighted by Gasteiger charge is -2.16. The van der Waals surface area contributed by atoms with Crippen LogP contribution in [0.5, 0.6) is 0 Å². The molecule has 1 atom stereocenters. The molecule has 1 unspecified atom stereocenters. The molecule has 1 aromatic heterocycles. The Morgan fingerprint density at radius 1 is 1.38 bits per heavy atom. The maximum absolute atomic E-state index is 5.72. The molecule has 5 heteroatoms. The highest BCUT2D eigenvalue weighted by Gasteiger charge is 2.12. The van der Waals surface area contributed by atoms with Crippen LogP contribution in [0, 0.1) is 6.92 Å². The van der Waals surface area contributed by atoms with Gasteiger partial charge in [-0.3, -0.25) is 11.3 Å². The molecule has 0 fully saturated rings. The van der Waals surface area contributed by atoms with Gasteiger partial charge in [0.05, 0.1) is 0 Å². The van der Waals surface area contributed by atoms with E-state index < -0.39 is 0 Å². The molecular formula is C16H24N4S. The Bertz CT molecular complexity index is 553. The van der Waals surface area contributed by atoms with Crippen LogP contribution >= 0.6 is 11.8 Å². The molecule has 0 aliphatic heterocycles. The van der Waals surface area contributed by atoms with Crippen LogP contribution in [0.2, 0.25) is 0 Å². The SMILES string of the molecule is CCCn1ccnc1CC(CSc1ccccc1C)NN. The highest BCUT2D eigenvalue weighted by molar-refractivity contribution is 7.99. The monoisotopic (exact) mass is 304 g/mol. The largest absolute Gasteiger partial charge is 0.335 e. The number of aromatic nitrogens is 2. The zero-order valence-electron chi connectivity index (χ0n) is 12.7. The third-order valence-electron chi connectivity index (χ3n) is 3.46. The van der Waals surface area contributed by atoms with Gasteiger partial charge in [-0.15, -0.1) is 11.8 Å². The standard InChI is InChI=1S/C16H24N4S/c1-3-9-20-10-8-18-16(20)11-14(19-17)12-21-15-7-5-4-6-13(15)2/h4-8,10,14,19H,3,9,11-12,17H2,1-2H3. The predicted molar refractivity (Wildman–Crippen MR) is 89.2 cm³/mol. The van der Waals surface area contributed by atoms with Gasteiger partial charge in [-0.2, -0.15) is 0 Å². The molecule has 0 radical (unpaired) electrons. The van der Waals surface area contributed by atoms with Crippen LogP contribution < -0.4 is 11.3 Å². The highest BCUT2D eigenvalue weighted by Crippen LogP contribution is 2.23. The Hall–Kier alpha value is -1.30. The van der Waals surface area contributed by atoms with Crippen LogP contribution in [0.3, 0.4) is 0 Å². The number of nitrogens with one attached hydrogen (secondary N) is 1. The summed E-state index contributed by atoms with van der Waals surface area (Å²) in [6.45, 7) is 5.33. The number of thioether (sulfide) groups is 1. The Morgan fingerprint density at radius 2 is 2.19 bits per heavy atom. The first-order chi connectivity index (χ1) is 10.2.